The third-order valence-corrected chi connectivity index (χ3v) is 9.34. The Morgan fingerprint density at radius 1 is 1.12 bits per heavy atom. The molecule has 3 aromatic rings. The highest BCUT2D eigenvalue weighted by molar-refractivity contribution is 7.21. The summed E-state index contributed by atoms with van der Waals surface area (Å²) in [5.74, 6) is -0.385. The van der Waals surface area contributed by atoms with Crippen molar-refractivity contribution in [2.45, 2.75) is 83.5 Å². The lowest BCUT2D eigenvalue weighted by Crippen LogP contribution is -2.57. The first kappa shape index (κ1) is 26.8. The van der Waals surface area contributed by atoms with Crippen molar-refractivity contribution in [1.29, 1.82) is 0 Å². The van der Waals surface area contributed by atoms with E-state index in [9.17, 15) is 9.59 Å². The van der Waals surface area contributed by atoms with E-state index in [1.54, 1.807) is 0 Å². The molecule has 0 spiro atoms. The average Bonchev–Trinajstić information content (AvgIpc) is 3.35. The summed E-state index contributed by atoms with van der Waals surface area (Å²) in [5.41, 5.74) is 9.32. The molecule has 4 heterocycles. The van der Waals surface area contributed by atoms with Crippen molar-refractivity contribution in [3.63, 3.8) is 0 Å². The number of benzene rings is 1. The van der Waals surface area contributed by atoms with E-state index >= 15 is 4.39 Å². The number of anilines is 2. The minimum absolute atomic E-state index is 0.0177. The minimum Gasteiger partial charge on any atom is -0.444 e. The lowest BCUT2D eigenvalue weighted by molar-refractivity contribution is 0.0123. The number of pyridine rings is 1. The number of nitrogens with one attached hydrogen (secondary N) is 1. The van der Waals surface area contributed by atoms with E-state index in [-0.39, 0.29) is 35.9 Å². The number of nitrogens with two attached hydrogens (primary N) is 1. The number of nitrogens with zero attached hydrogens (tertiary/aromatic N) is 3. The van der Waals surface area contributed by atoms with Crippen molar-refractivity contribution in [2.24, 2.45) is 0 Å². The van der Waals surface area contributed by atoms with Gasteiger partial charge in [0.1, 0.15) is 21.1 Å². The maximum absolute atomic E-state index is 15.9. The summed E-state index contributed by atoms with van der Waals surface area (Å²) in [6.07, 6.45) is 3.29. The molecule has 40 heavy (non-hydrogen) atoms. The van der Waals surface area contributed by atoms with E-state index in [0.717, 1.165) is 39.9 Å². The number of carbonyl (C=O) groups is 2. The molecule has 2 aliphatic heterocycles. The number of aryl methyl sites for hydroxylation is 1. The zero-order valence-electron chi connectivity index (χ0n) is 23.4. The number of thiophene rings is 1. The standard InChI is InChI=1S/C30H36FN5O3S/c1-16-5-10-22-25(32)26(40-28(22)33-16)27(37)34-18-7-11-21-17(13-18)6-12-23(24(21)31)35-14-19-8-9-20(15-35)36(19)29(38)39-30(2,3)4/h5-6,10,12,18-20H,7-9,11,13-15,32H2,1-4H3,(H,34,37). The fourth-order valence-corrected chi connectivity index (χ4v) is 7.43. The van der Waals surface area contributed by atoms with Gasteiger partial charge in [0.25, 0.3) is 5.91 Å². The Morgan fingerprint density at radius 2 is 1.85 bits per heavy atom. The lowest BCUT2D eigenvalue weighted by Gasteiger charge is -2.42. The molecule has 8 nitrogen and oxygen atoms in total. The van der Waals surface area contributed by atoms with Gasteiger partial charge in [-0.2, -0.15) is 0 Å². The van der Waals surface area contributed by atoms with Crippen molar-refractivity contribution in [1.82, 2.24) is 15.2 Å². The Morgan fingerprint density at radius 3 is 2.55 bits per heavy atom. The first-order chi connectivity index (χ1) is 19.0. The third-order valence-electron chi connectivity index (χ3n) is 8.23. The first-order valence-corrected chi connectivity index (χ1v) is 14.8. The predicted octanol–water partition coefficient (Wildman–Crippen LogP) is 5.20. The van der Waals surface area contributed by atoms with Crippen LogP contribution in [-0.2, 0) is 17.6 Å². The number of fused-ring (bicyclic) bond motifs is 4. The van der Waals surface area contributed by atoms with Gasteiger partial charge >= 0.3 is 6.09 Å². The first-order valence-electron chi connectivity index (χ1n) is 14.0. The molecule has 1 aliphatic carbocycles. The maximum atomic E-state index is 15.9. The zero-order valence-corrected chi connectivity index (χ0v) is 24.2. The summed E-state index contributed by atoms with van der Waals surface area (Å²) >= 11 is 1.30. The van der Waals surface area contributed by atoms with Crippen LogP contribution in [0.3, 0.4) is 0 Å². The Balaban J connectivity index is 1.14. The van der Waals surface area contributed by atoms with E-state index in [2.05, 4.69) is 15.2 Å². The molecule has 2 fully saturated rings. The van der Waals surface area contributed by atoms with Crippen LogP contribution < -0.4 is 16.0 Å². The smallest absolute Gasteiger partial charge is 0.410 e. The molecular weight excluding hydrogens is 529 g/mol. The van der Waals surface area contributed by atoms with Gasteiger partial charge < -0.3 is 20.7 Å². The van der Waals surface area contributed by atoms with Crippen LogP contribution in [0, 0.1) is 12.7 Å². The number of ether oxygens (including phenoxy) is 1. The van der Waals surface area contributed by atoms with Gasteiger partial charge in [-0.15, -0.1) is 11.3 Å². The molecule has 1 aromatic carbocycles. The summed E-state index contributed by atoms with van der Waals surface area (Å²) in [6, 6.07) is 7.58. The summed E-state index contributed by atoms with van der Waals surface area (Å²) in [6.45, 7) is 8.72. The van der Waals surface area contributed by atoms with Gasteiger partial charge in [0.2, 0.25) is 0 Å². The number of nitrogen functional groups attached to an aromatic ring is 1. The molecular formula is C30H36FN5O3S. The van der Waals surface area contributed by atoms with Crippen LogP contribution in [0.1, 0.15) is 66.5 Å². The maximum Gasteiger partial charge on any atom is 0.410 e. The van der Waals surface area contributed by atoms with Crippen molar-refractivity contribution < 1.29 is 18.7 Å². The summed E-state index contributed by atoms with van der Waals surface area (Å²) in [7, 11) is 0. The number of hydrogen-bond acceptors (Lipinski definition) is 7. The van der Waals surface area contributed by atoms with Crippen LogP contribution in [0.5, 0.6) is 0 Å². The van der Waals surface area contributed by atoms with Gasteiger partial charge in [-0.1, -0.05) is 6.07 Å². The number of piperazine rings is 1. The van der Waals surface area contributed by atoms with E-state index in [4.69, 9.17) is 10.5 Å². The molecule has 3 unspecified atom stereocenters. The highest BCUT2D eigenvalue weighted by Crippen LogP contribution is 2.38. The summed E-state index contributed by atoms with van der Waals surface area (Å²) in [5, 5.41) is 3.92. The van der Waals surface area contributed by atoms with Gasteiger partial charge in [-0.05, 0) is 89.1 Å². The predicted molar refractivity (Wildman–Crippen MR) is 156 cm³/mol. The Labute approximate surface area is 237 Å². The molecule has 6 rings (SSSR count). The molecule has 3 N–H and O–H groups in total. The van der Waals surface area contributed by atoms with E-state index < -0.39 is 5.60 Å². The highest BCUT2D eigenvalue weighted by atomic mass is 32.1. The van der Waals surface area contributed by atoms with Gasteiger partial charge in [-0.25, -0.2) is 14.2 Å². The Kier molecular flexibility index (Phi) is 6.64. The molecule has 3 aliphatic rings. The topological polar surface area (TPSA) is 101 Å². The highest BCUT2D eigenvalue weighted by Gasteiger charge is 2.45. The molecule has 2 saturated heterocycles. The number of aromatic nitrogens is 1. The van der Waals surface area contributed by atoms with Crippen LogP contribution in [0.15, 0.2) is 24.3 Å². The summed E-state index contributed by atoms with van der Waals surface area (Å²) < 4.78 is 21.5. The molecule has 2 aromatic heterocycles. The van der Waals surface area contributed by atoms with Crippen LogP contribution in [-0.4, -0.2) is 58.7 Å². The molecule has 0 saturated carbocycles. The van der Waals surface area contributed by atoms with Gasteiger partial charge in [0, 0.05) is 30.2 Å². The quantitative estimate of drug-likeness (QED) is 0.453. The largest absolute Gasteiger partial charge is 0.444 e. The Bertz CT molecular complexity index is 1480. The van der Waals surface area contributed by atoms with Gasteiger partial charge in [0.05, 0.1) is 23.5 Å². The Hall–Kier alpha value is -3.40. The number of hydrogen-bond donors (Lipinski definition) is 2. The van der Waals surface area contributed by atoms with Gasteiger partial charge in [-0.3, -0.25) is 9.69 Å². The fraction of sp³-hybridized carbons (Fsp3) is 0.500. The lowest BCUT2D eigenvalue weighted by atomic mass is 9.87. The number of carbonyl (C=O) groups excluding carboxylic acids is 2. The summed E-state index contributed by atoms with van der Waals surface area (Å²) in [4.78, 5) is 35.6. The molecule has 2 bridgehead atoms. The van der Waals surface area contributed by atoms with E-state index in [1.807, 2.05) is 56.9 Å². The second-order valence-electron chi connectivity index (χ2n) is 12.3. The second kappa shape index (κ2) is 9.90. The van der Waals surface area contributed by atoms with Gasteiger partial charge in [0.15, 0.2) is 0 Å². The number of rotatable bonds is 3. The normalized spacial score (nSPS) is 22.4. The SMILES string of the molecule is Cc1ccc2c(N)c(C(=O)NC3CCc4c(ccc(N5CC6CCC(C5)N6C(=O)OC(C)(C)C)c4F)C3)sc2n1. The molecule has 212 valence electrons. The average molecular weight is 566 g/mol. The van der Waals surface area contributed by atoms with Crippen LogP contribution in [0.4, 0.5) is 20.6 Å². The van der Waals surface area contributed by atoms with Crippen molar-refractivity contribution in [3.05, 3.63) is 51.8 Å². The molecule has 2 amide bonds. The van der Waals surface area contributed by atoms with Crippen molar-refractivity contribution in [2.75, 3.05) is 23.7 Å². The monoisotopic (exact) mass is 565 g/mol. The van der Waals surface area contributed by atoms with Crippen LogP contribution >= 0.6 is 11.3 Å². The third kappa shape index (κ3) is 4.87. The zero-order chi connectivity index (χ0) is 28.3. The molecule has 3 atom stereocenters. The second-order valence-corrected chi connectivity index (χ2v) is 13.3. The van der Waals surface area contributed by atoms with E-state index in [1.165, 1.54) is 11.3 Å². The molecule has 0 radical (unpaired) electrons. The van der Waals surface area contributed by atoms with Crippen molar-refractivity contribution in [3.8, 4) is 0 Å². The fourth-order valence-electron chi connectivity index (χ4n) is 6.39. The van der Waals surface area contributed by atoms with Crippen LogP contribution in [0.25, 0.3) is 10.2 Å². The minimum atomic E-state index is -0.545. The van der Waals surface area contributed by atoms with Crippen LogP contribution in [0.2, 0.25) is 0 Å². The number of halogens is 1. The van der Waals surface area contributed by atoms with Crippen molar-refractivity contribution >= 4 is 44.9 Å². The molecule has 10 heteroatoms. The number of amides is 2. The van der Waals surface area contributed by atoms with E-state index in [0.29, 0.717) is 48.6 Å².